The second-order valence-electron chi connectivity index (χ2n) is 4.69. The van der Waals surface area contributed by atoms with E-state index in [0.29, 0.717) is 17.0 Å². The molecule has 0 aliphatic heterocycles. The quantitative estimate of drug-likeness (QED) is 0.882. The number of ether oxygens (including phenoxy) is 1. The van der Waals surface area contributed by atoms with Gasteiger partial charge in [0.05, 0.1) is 17.8 Å². The molecule has 2 rings (SSSR count). The Kier molecular flexibility index (Phi) is 4.18. The van der Waals surface area contributed by atoms with Gasteiger partial charge in [-0.25, -0.2) is 12.8 Å². The molecule has 0 radical (unpaired) electrons. The Morgan fingerprint density at radius 1 is 1.24 bits per heavy atom. The SMILES string of the molecule is COc1ccc(CS(=O)(=O)c2cccc(N)c2C)c(F)c1. The lowest BCUT2D eigenvalue weighted by atomic mass is 10.2. The van der Waals surface area contributed by atoms with Gasteiger partial charge in [0, 0.05) is 17.3 Å². The maximum absolute atomic E-state index is 13.9. The van der Waals surface area contributed by atoms with Crippen LogP contribution in [0, 0.1) is 12.7 Å². The molecule has 0 saturated heterocycles. The lowest BCUT2D eigenvalue weighted by molar-refractivity contribution is 0.411. The van der Waals surface area contributed by atoms with Crippen LogP contribution in [-0.4, -0.2) is 15.5 Å². The second-order valence-corrected chi connectivity index (χ2v) is 6.64. The largest absolute Gasteiger partial charge is 0.497 e. The minimum Gasteiger partial charge on any atom is -0.497 e. The van der Waals surface area contributed by atoms with E-state index in [0.717, 1.165) is 6.07 Å². The van der Waals surface area contributed by atoms with Crippen molar-refractivity contribution >= 4 is 15.5 Å². The third-order valence-corrected chi connectivity index (χ3v) is 5.07. The van der Waals surface area contributed by atoms with Gasteiger partial charge in [0.15, 0.2) is 9.84 Å². The minimum absolute atomic E-state index is 0.0950. The third-order valence-electron chi connectivity index (χ3n) is 3.27. The van der Waals surface area contributed by atoms with Crippen LogP contribution in [0.4, 0.5) is 10.1 Å². The molecule has 4 nitrogen and oxygen atoms in total. The molecule has 0 aliphatic carbocycles. The first-order chi connectivity index (χ1) is 9.85. The Morgan fingerprint density at radius 3 is 2.57 bits per heavy atom. The summed E-state index contributed by atoms with van der Waals surface area (Å²) < 4.78 is 43.6. The number of anilines is 1. The zero-order valence-electron chi connectivity index (χ0n) is 11.8. The van der Waals surface area contributed by atoms with Gasteiger partial charge in [0.1, 0.15) is 11.6 Å². The van der Waals surface area contributed by atoms with Crippen LogP contribution in [0.1, 0.15) is 11.1 Å². The Balaban J connectivity index is 2.40. The smallest absolute Gasteiger partial charge is 0.182 e. The highest BCUT2D eigenvalue weighted by molar-refractivity contribution is 7.90. The van der Waals surface area contributed by atoms with E-state index in [1.165, 1.54) is 25.3 Å². The number of rotatable bonds is 4. The summed E-state index contributed by atoms with van der Waals surface area (Å²) in [6, 6.07) is 8.77. The number of halogens is 1. The summed E-state index contributed by atoms with van der Waals surface area (Å²) in [4.78, 5) is 0.123. The number of hydrogen-bond acceptors (Lipinski definition) is 4. The van der Waals surface area contributed by atoms with Crippen molar-refractivity contribution in [3.8, 4) is 5.75 Å². The van der Waals surface area contributed by atoms with Crippen LogP contribution in [0.3, 0.4) is 0 Å². The number of nitrogens with two attached hydrogens (primary N) is 1. The van der Waals surface area contributed by atoms with Crippen molar-refractivity contribution in [2.45, 2.75) is 17.6 Å². The Labute approximate surface area is 123 Å². The predicted octanol–water partition coefficient (Wildman–Crippen LogP) is 2.70. The molecule has 0 saturated carbocycles. The first-order valence-electron chi connectivity index (χ1n) is 6.25. The standard InChI is InChI=1S/C15H16FNO3S/c1-10-14(17)4-3-5-15(10)21(18,19)9-11-6-7-12(20-2)8-13(11)16/h3-8H,9,17H2,1-2H3. The van der Waals surface area contributed by atoms with Gasteiger partial charge in [0.2, 0.25) is 0 Å². The van der Waals surface area contributed by atoms with E-state index in [1.54, 1.807) is 19.1 Å². The maximum atomic E-state index is 13.9. The number of hydrogen-bond donors (Lipinski definition) is 1. The van der Waals surface area contributed by atoms with Crippen LogP contribution in [0.25, 0.3) is 0 Å². The van der Waals surface area contributed by atoms with E-state index in [4.69, 9.17) is 10.5 Å². The highest BCUT2D eigenvalue weighted by Crippen LogP contribution is 2.26. The van der Waals surface area contributed by atoms with Crippen molar-refractivity contribution in [2.75, 3.05) is 12.8 Å². The van der Waals surface area contributed by atoms with E-state index in [-0.39, 0.29) is 10.5 Å². The molecule has 2 aromatic rings. The molecule has 0 heterocycles. The summed E-state index contributed by atoms with van der Waals surface area (Å²) in [5, 5.41) is 0. The molecular weight excluding hydrogens is 293 g/mol. The fourth-order valence-corrected chi connectivity index (χ4v) is 3.69. The Hall–Kier alpha value is -2.08. The summed E-state index contributed by atoms with van der Waals surface area (Å²) >= 11 is 0. The first kappa shape index (κ1) is 15.3. The summed E-state index contributed by atoms with van der Waals surface area (Å²) in [6.45, 7) is 1.63. The van der Waals surface area contributed by atoms with Crippen molar-refractivity contribution in [1.82, 2.24) is 0 Å². The van der Waals surface area contributed by atoms with Crippen LogP contribution < -0.4 is 10.5 Å². The first-order valence-corrected chi connectivity index (χ1v) is 7.90. The van der Waals surface area contributed by atoms with Gasteiger partial charge in [-0.05, 0) is 30.7 Å². The van der Waals surface area contributed by atoms with Crippen LogP contribution in [0.15, 0.2) is 41.3 Å². The van der Waals surface area contributed by atoms with Gasteiger partial charge in [-0.15, -0.1) is 0 Å². The number of sulfone groups is 1. The van der Waals surface area contributed by atoms with Gasteiger partial charge in [-0.3, -0.25) is 0 Å². The highest BCUT2D eigenvalue weighted by atomic mass is 32.2. The second kappa shape index (κ2) is 5.73. The summed E-state index contributed by atoms with van der Waals surface area (Å²) in [5.41, 5.74) is 6.69. The van der Waals surface area contributed by atoms with Crippen molar-refractivity contribution < 1.29 is 17.5 Å². The van der Waals surface area contributed by atoms with Crippen molar-refractivity contribution in [3.63, 3.8) is 0 Å². The molecule has 0 amide bonds. The normalized spacial score (nSPS) is 11.4. The highest BCUT2D eigenvalue weighted by Gasteiger charge is 2.20. The van der Waals surface area contributed by atoms with Crippen molar-refractivity contribution in [3.05, 3.63) is 53.3 Å². The van der Waals surface area contributed by atoms with Gasteiger partial charge in [-0.2, -0.15) is 0 Å². The van der Waals surface area contributed by atoms with E-state index in [9.17, 15) is 12.8 Å². The molecule has 21 heavy (non-hydrogen) atoms. The van der Waals surface area contributed by atoms with Crippen molar-refractivity contribution in [1.29, 1.82) is 0 Å². The molecule has 0 aromatic heterocycles. The Bertz CT molecular complexity index is 772. The maximum Gasteiger partial charge on any atom is 0.182 e. The van der Waals surface area contributed by atoms with E-state index >= 15 is 0 Å². The number of benzene rings is 2. The van der Waals surface area contributed by atoms with Gasteiger partial charge >= 0.3 is 0 Å². The lowest BCUT2D eigenvalue weighted by Crippen LogP contribution is -2.09. The summed E-state index contributed by atoms with van der Waals surface area (Å²) in [7, 11) is -2.25. The molecule has 0 bridgehead atoms. The lowest BCUT2D eigenvalue weighted by Gasteiger charge is -2.10. The third kappa shape index (κ3) is 3.16. The van der Waals surface area contributed by atoms with E-state index < -0.39 is 21.4 Å². The average Bonchev–Trinajstić information content (AvgIpc) is 2.43. The number of methoxy groups -OCH3 is 1. The molecule has 2 aromatic carbocycles. The molecule has 0 spiro atoms. The Morgan fingerprint density at radius 2 is 1.95 bits per heavy atom. The summed E-state index contributed by atoms with van der Waals surface area (Å²) in [5.74, 6) is -0.694. The molecule has 6 heteroatoms. The topological polar surface area (TPSA) is 69.4 Å². The monoisotopic (exact) mass is 309 g/mol. The molecule has 2 N–H and O–H groups in total. The van der Waals surface area contributed by atoms with E-state index in [1.807, 2.05) is 0 Å². The average molecular weight is 309 g/mol. The molecule has 0 unspecified atom stereocenters. The van der Waals surface area contributed by atoms with Crippen LogP contribution in [-0.2, 0) is 15.6 Å². The molecular formula is C15H16FNO3S. The zero-order chi connectivity index (χ0) is 15.6. The summed E-state index contributed by atoms with van der Waals surface area (Å²) in [6.07, 6.45) is 0. The van der Waals surface area contributed by atoms with Crippen LogP contribution >= 0.6 is 0 Å². The van der Waals surface area contributed by atoms with Gasteiger partial charge in [-0.1, -0.05) is 12.1 Å². The fraction of sp³-hybridized carbons (Fsp3) is 0.200. The van der Waals surface area contributed by atoms with Crippen molar-refractivity contribution in [2.24, 2.45) is 0 Å². The molecule has 0 atom stereocenters. The van der Waals surface area contributed by atoms with Gasteiger partial charge in [0.25, 0.3) is 0 Å². The van der Waals surface area contributed by atoms with Gasteiger partial charge < -0.3 is 10.5 Å². The molecule has 112 valence electrons. The predicted molar refractivity (Wildman–Crippen MR) is 79.4 cm³/mol. The molecule has 0 aliphatic rings. The minimum atomic E-state index is -3.67. The van der Waals surface area contributed by atoms with Crippen LogP contribution in [0.5, 0.6) is 5.75 Å². The van der Waals surface area contributed by atoms with E-state index in [2.05, 4.69) is 0 Å². The zero-order valence-corrected chi connectivity index (χ0v) is 12.6. The fourth-order valence-electron chi connectivity index (χ4n) is 2.02. The number of nitrogen functional groups attached to an aromatic ring is 1. The van der Waals surface area contributed by atoms with Crippen LogP contribution in [0.2, 0.25) is 0 Å². The molecule has 0 fully saturated rings.